The number of thiol groups is 1. The van der Waals surface area contributed by atoms with E-state index < -0.39 is 0 Å². The Kier molecular flexibility index (Phi) is 6.05. The zero-order chi connectivity index (χ0) is 17.1. The summed E-state index contributed by atoms with van der Waals surface area (Å²) in [6, 6.07) is 0.830. The van der Waals surface area contributed by atoms with Crippen LogP contribution >= 0.6 is 28.8 Å². The Labute approximate surface area is 157 Å². The average molecular weight is 413 g/mol. The number of aromatic nitrogens is 3. The van der Waals surface area contributed by atoms with E-state index in [4.69, 9.17) is 9.17 Å². The van der Waals surface area contributed by atoms with Gasteiger partial charge in [0.1, 0.15) is 5.65 Å². The van der Waals surface area contributed by atoms with E-state index in [1.807, 2.05) is 6.20 Å². The summed E-state index contributed by atoms with van der Waals surface area (Å²) in [4.78, 5) is 9.28. The molecule has 1 aliphatic carbocycles. The monoisotopic (exact) mass is 412 g/mol. The van der Waals surface area contributed by atoms with Gasteiger partial charge >= 0.3 is 0 Å². The molecule has 1 unspecified atom stereocenters. The fraction of sp³-hybridized carbons (Fsp3) is 0.647. The van der Waals surface area contributed by atoms with Gasteiger partial charge in [-0.1, -0.05) is 13.3 Å². The molecule has 24 heavy (non-hydrogen) atoms. The molecule has 3 rings (SSSR count). The van der Waals surface area contributed by atoms with E-state index in [-0.39, 0.29) is 6.10 Å². The molecule has 1 N–H and O–H groups in total. The smallest absolute Gasteiger partial charge is 0.224 e. The molecule has 0 radical (unpaired) electrons. The lowest BCUT2D eigenvalue weighted by Crippen LogP contribution is -2.22. The minimum atomic E-state index is 0.275. The minimum Gasteiger partial charge on any atom is -0.352 e. The first-order valence-corrected chi connectivity index (χ1v) is 9.88. The number of nitrogens with one attached hydrogen (secondary N) is 1. The topological polar surface area (TPSA) is 52.0 Å². The quantitative estimate of drug-likeness (QED) is 0.509. The average Bonchev–Trinajstić information content (AvgIpc) is 2.91. The van der Waals surface area contributed by atoms with Gasteiger partial charge in [0.25, 0.3) is 0 Å². The molecule has 0 amide bonds. The number of anilines is 1. The van der Waals surface area contributed by atoms with Gasteiger partial charge in [0, 0.05) is 29.0 Å². The first-order valence-electron chi connectivity index (χ1n) is 8.72. The van der Waals surface area contributed by atoms with E-state index in [1.54, 1.807) is 0 Å². The highest BCUT2D eigenvalue weighted by atomic mass is 79.9. The summed E-state index contributed by atoms with van der Waals surface area (Å²) < 4.78 is 8.55. The van der Waals surface area contributed by atoms with Gasteiger partial charge in [-0.2, -0.15) is 4.98 Å². The normalized spacial score (nSPS) is 22.7. The van der Waals surface area contributed by atoms with Crippen LogP contribution in [-0.2, 0) is 4.18 Å². The van der Waals surface area contributed by atoms with Crippen molar-refractivity contribution >= 4 is 45.8 Å². The maximum Gasteiger partial charge on any atom is 0.224 e. The Balaban J connectivity index is 1.85. The minimum absolute atomic E-state index is 0.275. The number of rotatable bonds is 6. The van der Waals surface area contributed by atoms with Gasteiger partial charge in [0.05, 0.1) is 11.5 Å². The van der Waals surface area contributed by atoms with Crippen molar-refractivity contribution in [3.63, 3.8) is 0 Å². The molecule has 1 fully saturated rings. The van der Waals surface area contributed by atoms with E-state index >= 15 is 0 Å². The van der Waals surface area contributed by atoms with Gasteiger partial charge in [-0.15, -0.1) is 0 Å². The Morgan fingerprint density at radius 3 is 2.83 bits per heavy atom. The molecule has 2 heterocycles. The number of hydrogen-bond donors (Lipinski definition) is 2. The molecule has 7 heteroatoms. The van der Waals surface area contributed by atoms with Crippen molar-refractivity contribution in [3.05, 3.63) is 16.9 Å². The van der Waals surface area contributed by atoms with Gasteiger partial charge in [0.2, 0.25) is 5.95 Å². The number of halogens is 1. The third kappa shape index (κ3) is 3.89. The second kappa shape index (κ2) is 8.06. The van der Waals surface area contributed by atoms with Crippen LogP contribution in [0.2, 0.25) is 0 Å². The van der Waals surface area contributed by atoms with Crippen molar-refractivity contribution < 1.29 is 4.18 Å². The Hall–Kier alpha value is -0.790. The van der Waals surface area contributed by atoms with Gasteiger partial charge < -0.3 is 14.1 Å². The van der Waals surface area contributed by atoms with E-state index in [0.717, 1.165) is 54.0 Å². The molecule has 1 atom stereocenters. The summed E-state index contributed by atoms with van der Waals surface area (Å²) in [7, 11) is 0. The van der Waals surface area contributed by atoms with Crippen molar-refractivity contribution in [1.29, 1.82) is 0 Å². The van der Waals surface area contributed by atoms with Crippen LogP contribution in [0.4, 0.5) is 5.95 Å². The summed E-state index contributed by atoms with van der Waals surface area (Å²) in [6.45, 7) is 4.36. The molecular formula is C17H25BrN4OS. The maximum absolute atomic E-state index is 5.19. The molecule has 1 saturated carbocycles. The van der Waals surface area contributed by atoms with Crippen molar-refractivity contribution in [2.24, 2.45) is 0 Å². The highest BCUT2D eigenvalue weighted by molar-refractivity contribution is 9.10. The molecule has 0 spiro atoms. The van der Waals surface area contributed by atoms with Gasteiger partial charge in [-0.3, -0.25) is 0 Å². The van der Waals surface area contributed by atoms with Crippen LogP contribution in [0.3, 0.4) is 0 Å². The second-order valence-corrected chi connectivity index (χ2v) is 7.75. The van der Waals surface area contributed by atoms with Gasteiger partial charge in [0.15, 0.2) is 0 Å². The zero-order valence-corrected chi connectivity index (χ0v) is 16.7. The second-order valence-electron chi connectivity index (χ2n) is 6.69. The van der Waals surface area contributed by atoms with Crippen LogP contribution in [0.5, 0.6) is 0 Å². The Morgan fingerprint density at radius 1 is 1.42 bits per heavy atom. The van der Waals surface area contributed by atoms with Crippen LogP contribution in [-0.4, -0.2) is 26.7 Å². The zero-order valence-electron chi connectivity index (χ0n) is 14.2. The molecule has 0 aliphatic heterocycles. The van der Waals surface area contributed by atoms with Crippen LogP contribution in [0.15, 0.2) is 16.9 Å². The summed E-state index contributed by atoms with van der Waals surface area (Å²) >= 11 is 7.61. The number of hydrogen-bond acceptors (Lipinski definition) is 5. The highest BCUT2D eigenvalue weighted by Gasteiger charge is 2.24. The molecule has 0 bridgehead atoms. The van der Waals surface area contributed by atoms with Crippen LogP contribution in [0.1, 0.15) is 58.4 Å². The van der Waals surface area contributed by atoms with Crippen molar-refractivity contribution in [2.45, 2.75) is 70.6 Å². The summed E-state index contributed by atoms with van der Waals surface area (Å²) in [5.41, 5.74) is 0.998. The Bertz CT molecular complexity index is 685. The molecule has 5 nitrogen and oxygen atoms in total. The maximum atomic E-state index is 5.19. The molecule has 0 saturated heterocycles. The highest BCUT2D eigenvalue weighted by Crippen LogP contribution is 2.35. The van der Waals surface area contributed by atoms with Gasteiger partial charge in [-0.25, -0.2) is 4.98 Å². The summed E-state index contributed by atoms with van der Waals surface area (Å²) in [5, 5.41) is 4.48. The lowest BCUT2D eigenvalue weighted by atomic mass is 9.93. The predicted molar refractivity (Wildman–Crippen MR) is 105 cm³/mol. The summed E-state index contributed by atoms with van der Waals surface area (Å²) in [5.74, 6) is 0.711. The number of nitrogens with zero attached hydrogens (tertiary/aromatic N) is 3. The van der Waals surface area contributed by atoms with Crippen molar-refractivity contribution in [1.82, 2.24) is 14.5 Å². The Morgan fingerprint density at radius 2 is 2.17 bits per heavy atom. The third-order valence-electron chi connectivity index (χ3n) is 4.81. The van der Waals surface area contributed by atoms with Gasteiger partial charge in [-0.05, 0) is 67.9 Å². The molecule has 0 aromatic carbocycles. The largest absolute Gasteiger partial charge is 0.352 e. The number of fused-ring (bicyclic) bond motifs is 1. The molecule has 132 valence electrons. The van der Waals surface area contributed by atoms with Crippen LogP contribution in [0.25, 0.3) is 11.0 Å². The van der Waals surface area contributed by atoms with Crippen molar-refractivity contribution in [3.8, 4) is 0 Å². The predicted octanol–water partition coefficient (Wildman–Crippen LogP) is 5.14. The SMILES string of the molecule is CCCC(C)Nc1ncc2c(Br)cn(C3CCC(OS)CC3)c2n1. The molecular weight excluding hydrogens is 388 g/mol. The lowest BCUT2D eigenvalue weighted by Gasteiger charge is -2.28. The van der Waals surface area contributed by atoms with Crippen LogP contribution in [0, 0.1) is 0 Å². The van der Waals surface area contributed by atoms with E-state index in [1.165, 1.54) is 0 Å². The fourth-order valence-corrected chi connectivity index (χ4v) is 4.20. The van der Waals surface area contributed by atoms with E-state index in [9.17, 15) is 0 Å². The fourth-order valence-electron chi connectivity index (χ4n) is 3.49. The molecule has 2 aromatic rings. The molecule has 1 aliphatic rings. The standard InChI is InChI=1S/C17H25BrN4OS/c1-3-4-11(2)20-17-19-9-14-15(18)10-22(16(14)21-17)12-5-7-13(23-24)8-6-12/h9-13,24H,3-8H2,1-2H3,(H,19,20,21). The van der Waals surface area contributed by atoms with Crippen LogP contribution < -0.4 is 5.32 Å². The van der Waals surface area contributed by atoms with E-state index in [2.05, 4.69) is 63.8 Å². The van der Waals surface area contributed by atoms with E-state index in [0.29, 0.717) is 18.0 Å². The first kappa shape index (κ1) is 18.0. The lowest BCUT2D eigenvalue weighted by molar-refractivity contribution is 0.162. The summed E-state index contributed by atoms with van der Waals surface area (Å²) in [6.07, 6.45) is 10.8. The molecule has 2 aromatic heterocycles. The third-order valence-corrected chi connectivity index (χ3v) is 5.74. The first-order chi connectivity index (χ1) is 11.6. The van der Waals surface area contributed by atoms with Crippen molar-refractivity contribution in [2.75, 3.05) is 5.32 Å².